The maximum absolute atomic E-state index is 11.4. The number of fused-ring (bicyclic) bond motifs is 3. The van der Waals surface area contributed by atoms with Crippen molar-refractivity contribution in [3.63, 3.8) is 0 Å². The van der Waals surface area contributed by atoms with Crippen molar-refractivity contribution in [2.24, 2.45) is 5.16 Å². The predicted molar refractivity (Wildman–Crippen MR) is 115 cm³/mol. The molecule has 0 aliphatic rings. The molecule has 0 spiro atoms. The summed E-state index contributed by atoms with van der Waals surface area (Å²) in [4.78, 5) is 27.1. The lowest BCUT2D eigenvalue weighted by Crippen LogP contribution is -2.07. The molecule has 0 saturated carbocycles. The van der Waals surface area contributed by atoms with Crippen LogP contribution < -0.4 is 0 Å². The monoisotopic (exact) mass is 404 g/mol. The van der Waals surface area contributed by atoms with Crippen LogP contribution in [0, 0.1) is 17.0 Å². The van der Waals surface area contributed by atoms with E-state index in [1.807, 2.05) is 49.4 Å². The van der Waals surface area contributed by atoms with Crippen molar-refractivity contribution in [3.05, 3.63) is 87.5 Å². The number of carbonyl (C=O) groups excluding carboxylic acids is 1. The molecule has 0 atom stereocenters. The summed E-state index contributed by atoms with van der Waals surface area (Å²) in [5.41, 5.74) is 3.18. The average Bonchev–Trinajstić information content (AvgIpc) is 3.06. The summed E-state index contributed by atoms with van der Waals surface area (Å²) in [6.07, 6.45) is 0. The van der Waals surface area contributed by atoms with Crippen molar-refractivity contribution in [1.82, 2.24) is 0 Å². The van der Waals surface area contributed by atoms with Gasteiger partial charge in [0.25, 0.3) is 5.69 Å². The van der Waals surface area contributed by atoms with Gasteiger partial charge in [0.2, 0.25) is 0 Å². The number of rotatable bonds is 4. The summed E-state index contributed by atoms with van der Waals surface area (Å²) < 4.78 is 1.98. The van der Waals surface area contributed by atoms with Crippen LogP contribution in [0.2, 0.25) is 0 Å². The summed E-state index contributed by atoms with van der Waals surface area (Å²) in [6, 6.07) is 18.4. The molecule has 0 unspecified atom stereocenters. The van der Waals surface area contributed by atoms with E-state index in [0.717, 1.165) is 36.9 Å². The Morgan fingerprint density at radius 3 is 2.41 bits per heavy atom. The van der Waals surface area contributed by atoms with Gasteiger partial charge in [0.15, 0.2) is 0 Å². The number of nitro benzene ring substituents is 1. The predicted octanol–water partition coefficient (Wildman–Crippen LogP) is 5.59. The highest BCUT2D eigenvalue weighted by atomic mass is 32.1. The Bertz CT molecular complexity index is 1310. The van der Waals surface area contributed by atoms with Crippen LogP contribution >= 0.6 is 11.3 Å². The minimum atomic E-state index is -0.506. The number of hydrogen-bond donors (Lipinski definition) is 0. The van der Waals surface area contributed by atoms with Crippen molar-refractivity contribution in [2.45, 2.75) is 13.8 Å². The molecule has 0 aliphatic carbocycles. The van der Waals surface area contributed by atoms with E-state index < -0.39 is 10.9 Å². The number of carbonyl (C=O) groups is 1. The van der Waals surface area contributed by atoms with Gasteiger partial charge >= 0.3 is 5.97 Å². The fourth-order valence-corrected chi connectivity index (χ4v) is 4.30. The van der Waals surface area contributed by atoms with Crippen LogP contribution in [0.25, 0.3) is 20.2 Å². The van der Waals surface area contributed by atoms with E-state index in [0.29, 0.717) is 5.71 Å². The largest absolute Gasteiger partial charge is 0.332 e. The Balaban J connectivity index is 1.94. The number of nitro groups is 1. The van der Waals surface area contributed by atoms with E-state index in [-0.39, 0.29) is 5.69 Å². The van der Waals surface area contributed by atoms with Crippen LogP contribution in [0.1, 0.15) is 23.6 Å². The Labute approximate surface area is 170 Å². The van der Waals surface area contributed by atoms with Gasteiger partial charge in [-0.2, -0.15) is 0 Å². The zero-order chi connectivity index (χ0) is 20.5. The van der Waals surface area contributed by atoms with Crippen LogP contribution in [-0.2, 0) is 9.63 Å². The second kappa shape index (κ2) is 7.44. The van der Waals surface area contributed by atoms with Crippen molar-refractivity contribution >= 4 is 48.9 Å². The van der Waals surface area contributed by atoms with Gasteiger partial charge < -0.3 is 4.84 Å². The number of benzene rings is 3. The number of hydrogen-bond acceptors (Lipinski definition) is 6. The fourth-order valence-electron chi connectivity index (χ4n) is 3.23. The smallest absolute Gasteiger partial charge is 0.318 e. The lowest BCUT2D eigenvalue weighted by molar-refractivity contribution is -0.384. The summed E-state index contributed by atoms with van der Waals surface area (Å²) in [7, 11) is 0. The lowest BCUT2D eigenvalue weighted by Gasteiger charge is -2.09. The average molecular weight is 404 g/mol. The first-order chi connectivity index (χ1) is 13.9. The second-order valence-corrected chi connectivity index (χ2v) is 7.67. The van der Waals surface area contributed by atoms with Gasteiger partial charge in [-0.1, -0.05) is 35.5 Å². The summed E-state index contributed by atoms with van der Waals surface area (Å²) in [5.74, 6) is -0.506. The first kappa shape index (κ1) is 18.8. The van der Waals surface area contributed by atoms with Crippen molar-refractivity contribution in [2.75, 3.05) is 0 Å². The molecule has 0 N–H and O–H groups in total. The molecule has 6 nitrogen and oxygen atoms in total. The first-order valence-corrected chi connectivity index (χ1v) is 9.68. The molecule has 29 heavy (non-hydrogen) atoms. The Hall–Kier alpha value is -3.58. The lowest BCUT2D eigenvalue weighted by atomic mass is 9.97. The van der Waals surface area contributed by atoms with Crippen LogP contribution in [-0.4, -0.2) is 16.6 Å². The summed E-state index contributed by atoms with van der Waals surface area (Å²) >= 11 is 1.57. The molecule has 0 radical (unpaired) electrons. The second-order valence-electron chi connectivity index (χ2n) is 6.59. The molecular weight excluding hydrogens is 388 g/mol. The van der Waals surface area contributed by atoms with Crippen molar-refractivity contribution in [3.8, 4) is 0 Å². The zero-order valence-electron chi connectivity index (χ0n) is 15.7. The number of thiophene rings is 1. The van der Waals surface area contributed by atoms with Gasteiger partial charge in [0, 0.05) is 50.4 Å². The van der Waals surface area contributed by atoms with E-state index in [2.05, 4.69) is 5.16 Å². The highest BCUT2D eigenvalue weighted by Crippen LogP contribution is 2.36. The molecule has 144 valence electrons. The zero-order valence-corrected chi connectivity index (χ0v) is 16.5. The fraction of sp³-hybridized carbons (Fsp3) is 0.0909. The van der Waals surface area contributed by atoms with Gasteiger partial charge in [-0.05, 0) is 30.7 Å². The highest BCUT2D eigenvalue weighted by molar-refractivity contribution is 7.25. The van der Waals surface area contributed by atoms with Gasteiger partial charge in [-0.3, -0.25) is 10.1 Å². The molecule has 4 rings (SSSR count). The normalized spacial score (nSPS) is 11.7. The molecule has 0 saturated heterocycles. The Kier molecular flexibility index (Phi) is 4.82. The van der Waals surface area contributed by atoms with Crippen LogP contribution in [0.5, 0.6) is 0 Å². The van der Waals surface area contributed by atoms with E-state index in [4.69, 9.17) is 4.84 Å². The number of non-ortho nitro benzene ring substituents is 1. The quantitative estimate of drug-likeness (QED) is 0.192. The highest BCUT2D eigenvalue weighted by Gasteiger charge is 2.15. The Morgan fingerprint density at radius 2 is 1.72 bits per heavy atom. The molecule has 4 aromatic rings. The van der Waals surface area contributed by atoms with Crippen LogP contribution in [0.4, 0.5) is 5.69 Å². The van der Waals surface area contributed by atoms with Crippen LogP contribution in [0.3, 0.4) is 0 Å². The van der Waals surface area contributed by atoms with Gasteiger partial charge in [-0.25, -0.2) is 4.79 Å². The number of oxime groups is 1. The maximum atomic E-state index is 11.4. The van der Waals surface area contributed by atoms with E-state index in [1.54, 1.807) is 23.5 Å². The molecule has 1 heterocycles. The molecule has 7 heteroatoms. The standard InChI is InChI=1S/C22H16N2O4S/c1-13-5-3-4-6-17(13)22(23-28-14(2)25)15-7-9-20-18(11-15)19-12-16(24(26)27)8-10-21(19)29-20/h3-12H,1-2H3/b23-22-. The SMILES string of the molecule is CC(=O)O/N=C(/c1ccc2sc3ccc([N+](=O)[O-])cc3c2c1)c1ccccc1C. The van der Waals surface area contributed by atoms with Gasteiger partial charge in [0.05, 0.1) is 4.92 Å². The molecule has 3 aromatic carbocycles. The first-order valence-electron chi connectivity index (χ1n) is 8.86. The maximum Gasteiger partial charge on any atom is 0.332 e. The number of nitrogens with zero attached hydrogens (tertiary/aromatic N) is 2. The van der Waals surface area contributed by atoms with E-state index in [1.165, 1.54) is 13.0 Å². The molecule has 1 aromatic heterocycles. The third-order valence-corrected chi connectivity index (χ3v) is 5.75. The summed E-state index contributed by atoms with van der Waals surface area (Å²) in [5, 5.41) is 17.0. The molecule has 0 fully saturated rings. The van der Waals surface area contributed by atoms with E-state index in [9.17, 15) is 14.9 Å². The van der Waals surface area contributed by atoms with Gasteiger partial charge in [0.1, 0.15) is 5.71 Å². The molecule has 0 bridgehead atoms. The third-order valence-electron chi connectivity index (χ3n) is 4.60. The molecular formula is C22H16N2O4S. The third kappa shape index (κ3) is 3.60. The summed E-state index contributed by atoms with van der Waals surface area (Å²) in [6.45, 7) is 3.26. The molecule has 0 aliphatic heterocycles. The van der Waals surface area contributed by atoms with Crippen molar-refractivity contribution in [1.29, 1.82) is 0 Å². The minimum Gasteiger partial charge on any atom is -0.318 e. The van der Waals surface area contributed by atoms with Crippen LogP contribution in [0.15, 0.2) is 65.8 Å². The van der Waals surface area contributed by atoms with Crippen molar-refractivity contribution < 1.29 is 14.6 Å². The Morgan fingerprint density at radius 1 is 1.03 bits per heavy atom. The number of aryl methyl sites for hydroxylation is 1. The topological polar surface area (TPSA) is 81.8 Å². The minimum absolute atomic E-state index is 0.0512. The molecule has 0 amide bonds. The van der Waals surface area contributed by atoms with Gasteiger partial charge in [-0.15, -0.1) is 11.3 Å². The van der Waals surface area contributed by atoms with E-state index >= 15 is 0 Å².